The lowest BCUT2D eigenvalue weighted by atomic mass is 9.97. The van der Waals surface area contributed by atoms with Crippen molar-refractivity contribution in [1.29, 1.82) is 0 Å². The molecular weight excluding hydrogens is 359 g/mol. The molecule has 0 radical (unpaired) electrons. The van der Waals surface area contributed by atoms with Crippen molar-refractivity contribution >= 4 is 40.3 Å². The molecule has 1 saturated heterocycles. The molecule has 1 aromatic carbocycles. The van der Waals surface area contributed by atoms with Gasteiger partial charge in [0.25, 0.3) is 11.8 Å². The van der Waals surface area contributed by atoms with Gasteiger partial charge in [-0.2, -0.15) is 0 Å². The summed E-state index contributed by atoms with van der Waals surface area (Å²) in [7, 11) is 0. The largest absolute Gasteiger partial charge is 0.315 e. The highest BCUT2D eigenvalue weighted by Crippen LogP contribution is 2.21. The van der Waals surface area contributed by atoms with Gasteiger partial charge in [0.1, 0.15) is 12.1 Å². The molecule has 0 spiro atoms. The van der Waals surface area contributed by atoms with E-state index in [-0.39, 0.29) is 12.5 Å². The first kappa shape index (κ1) is 14.0. The summed E-state index contributed by atoms with van der Waals surface area (Å²) in [6.45, 7) is 3.14. The molecule has 1 aliphatic rings. The van der Waals surface area contributed by atoms with Gasteiger partial charge in [-0.3, -0.25) is 19.7 Å². The van der Waals surface area contributed by atoms with E-state index in [2.05, 4.69) is 27.9 Å². The summed E-state index contributed by atoms with van der Waals surface area (Å²) < 4.78 is 0.925. The number of benzene rings is 1. The fourth-order valence-electron chi connectivity index (χ4n) is 1.89. The predicted octanol–water partition coefficient (Wildman–Crippen LogP) is 1.17. The SMILES string of the molecule is CC1(C)C(=O)NC(=O)CN1C(=O)c1cccc(I)c1. The number of nitrogens with one attached hydrogen (secondary N) is 1. The van der Waals surface area contributed by atoms with Gasteiger partial charge in [-0.25, -0.2) is 0 Å². The van der Waals surface area contributed by atoms with Crippen LogP contribution in [0.1, 0.15) is 24.2 Å². The van der Waals surface area contributed by atoms with E-state index in [4.69, 9.17) is 0 Å². The van der Waals surface area contributed by atoms with Crippen LogP contribution in [0.4, 0.5) is 0 Å². The van der Waals surface area contributed by atoms with Crippen LogP contribution >= 0.6 is 22.6 Å². The van der Waals surface area contributed by atoms with Gasteiger partial charge in [0.05, 0.1) is 0 Å². The Morgan fingerprint density at radius 2 is 2.05 bits per heavy atom. The lowest BCUT2D eigenvalue weighted by Crippen LogP contribution is -2.65. The van der Waals surface area contributed by atoms with Crippen molar-refractivity contribution in [1.82, 2.24) is 10.2 Å². The summed E-state index contributed by atoms with van der Waals surface area (Å²) in [5, 5.41) is 2.24. The molecule has 3 amide bonds. The van der Waals surface area contributed by atoms with Crippen LogP contribution in [-0.4, -0.2) is 34.7 Å². The predicted molar refractivity (Wildman–Crippen MR) is 77.4 cm³/mol. The molecule has 0 atom stereocenters. The second kappa shape index (κ2) is 4.92. The topological polar surface area (TPSA) is 66.5 Å². The van der Waals surface area contributed by atoms with Gasteiger partial charge in [-0.1, -0.05) is 6.07 Å². The van der Waals surface area contributed by atoms with E-state index >= 15 is 0 Å². The molecule has 0 aromatic heterocycles. The Balaban J connectivity index is 2.36. The third kappa shape index (κ3) is 2.63. The van der Waals surface area contributed by atoms with E-state index in [1.165, 1.54) is 4.90 Å². The molecule has 0 bridgehead atoms. The minimum absolute atomic E-state index is 0.108. The zero-order chi connectivity index (χ0) is 14.2. The summed E-state index contributed by atoms with van der Waals surface area (Å²) in [6.07, 6.45) is 0. The van der Waals surface area contributed by atoms with E-state index in [1.807, 2.05) is 6.07 Å². The number of nitrogens with zero attached hydrogens (tertiary/aromatic N) is 1. The molecule has 19 heavy (non-hydrogen) atoms. The highest BCUT2D eigenvalue weighted by molar-refractivity contribution is 14.1. The average Bonchev–Trinajstić information content (AvgIpc) is 2.33. The monoisotopic (exact) mass is 372 g/mol. The lowest BCUT2D eigenvalue weighted by molar-refractivity contribution is -0.143. The second-order valence-electron chi connectivity index (χ2n) is 4.84. The molecule has 0 aliphatic carbocycles. The maximum Gasteiger partial charge on any atom is 0.255 e. The molecule has 100 valence electrons. The molecular formula is C13H13IN2O3. The average molecular weight is 372 g/mol. The molecule has 1 fully saturated rings. The number of amides is 3. The third-order valence-electron chi connectivity index (χ3n) is 3.10. The van der Waals surface area contributed by atoms with E-state index in [0.29, 0.717) is 5.56 Å². The highest BCUT2D eigenvalue weighted by atomic mass is 127. The first-order valence-electron chi connectivity index (χ1n) is 5.74. The quantitative estimate of drug-likeness (QED) is 0.595. The third-order valence-corrected chi connectivity index (χ3v) is 3.77. The number of halogens is 1. The maximum absolute atomic E-state index is 12.4. The van der Waals surface area contributed by atoms with Crippen LogP contribution in [0.25, 0.3) is 0 Å². The van der Waals surface area contributed by atoms with Crippen LogP contribution in [0.3, 0.4) is 0 Å². The number of carbonyl (C=O) groups excluding carboxylic acids is 3. The van der Waals surface area contributed by atoms with Gasteiger partial charge in [0, 0.05) is 9.13 Å². The Morgan fingerprint density at radius 3 is 2.68 bits per heavy atom. The van der Waals surface area contributed by atoms with E-state index in [1.54, 1.807) is 32.0 Å². The smallest absolute Gasteiger partial charge is 0.255 e. The summed E-state index contributed by atoms with van der Waals surface area (Å²) in [5.41, 5.74) is -0.561. The van der Waals surface area contributed by atoms with Gasteiger partial charge in [-0.15, -0.1) is 0 Å². The first-order valence-corrected chi connectivity index (χ1v) is 6.82. The maximum atomic E-state index is 12.4. The van der Waals surface area contributed by atoms with E-state index in [9.17, 15) is 14.4 Å². The number of imide groups is 1. The number of rotatable bonds is 1. The van der Waals surface area contributed by atoms with Crippen LogP contribution in [-0.2, 0) is 9.59 Å². The van der Waals surface area contributed by atoms with Gasteiger partial charge in [0.15, 0.2) is 0 Å². The first-order chi connectivity index (χ1) is 8.82. The van der Waals surface area contributed by atoms with Gasteiger partial charge >= 0.3 is 0 Å². The minimum atomic E-state index is -1.04. The van der Waals surface area contributed by atoms with Gasteiger partial charge in [-0.05, 0) is 54.6 Å². The van der Waals surface area contributed by atoms with Crippen molar-refractivity contribution in [3.8, 4) is 0 Å². The molecule has 1 heterocycles. The number of hydrogen-bond donors (Lipinski definition) is 1. The normalized spacial score (nSPS) is 18.2. The fourth-order valence-corrected chi connectivity index (χ4v) is 2.43. The molecule has 2 rings (SSSR count). The van der Waals surface area contributed by atoms with Crippen LogP contribution in [0, 0.1) is 3.57 Å². The van der Waals surface area contributed by atoms with Gasteiger partial charge < -0.3 is 4.90 Å². The number of hydrogen-bond acceptors (Lipinski definition) is 3. The van der Waals surface area contributed by atoms with E-state index in [0.717, 1.165) is 3.57 Å². The van der Waals surface area contributed by atoms with Crippen LogP contribution in [0.2, 0.25) is 0 Å². The summed E-state index contributed by atoms with van der Waals surface area (Å²) in [5.74, 6) is -1.22. The van der Waals surface area contributed by atoms with Crippen molar-refractivity contribution in [2.24, 2.45) is 0 Å². The zero-order valence-corrected chi connectivity index (χ0v) is 12.7. The van der Waals surface area contributed by atoms with Crippen molar-refractivity contribution in [3.05, 3.63) is 33.4 Å². The molecule has 0 saturated carbocycles. The molecule has 0 unspecified atom stereocenters. The van der Waals surface area contributed by atoms with Crippen LogP contribution in [0.5, 0.6) is 0 Å². The Morgan fingerprint density at radius 1 is 1.37 bits per heavy atom. The molecule has 1 aliphatic heterocycles. The zero-order valence-electron chi connectivity index (χ0n) is 10.6. The molecule has 1 N–H and O–H groups in total. The molecule has 6 heteroatoms. The van der Waals surface area contributed by atoms with Crippen LogP contribution in [0.15, 0.2) is 24.3 Å². The van der Waals surface area contributed by atoms with Crippen molar-refractivity contribution in [2.75, 3.05) is 6.54 Å². The highest BCUT2D eigenvalue weighted by Gasteiger charge is 2.43. The summed E-state index contributed by atoms with van der Waals surface area (Å²) in [6, 6.07) is 7.05. The lowest BCUT2D eigenvalue weighted by Gasteiger charge is -2.40. The Bertz CT molecular complexity index is 569. The molecule has 1 aromatic rings. The number of piperazine rings is 1. The number of carbonyl (C=O) groups is 3. The van der Waals surface area contributed by atoms with Crippen molar-refractivity contribution in [2.45, 2.75) is 19.4 Å². The van der Waals surface area contributed by atoms with Gasteiger partial charge in [0.2, 0.25) is 5.91 Å². The van der Waals surface area contributed by atoms with Crippen molar-refractivity contribution < 1.29 is 14.4 Å². The Kier molecular flexibility index (Phi) is 3.62. The molecule has 5 nitrogen and oxygen atoms in total. The second-order valence-corrected chi connectivity index (χ2v) is 6.08. The van der Waals surface area contributed by atoms with E-state index < -0.39 is 17.4 Å². The summed E-state index contributed by atoms with van der Waals surface area (Å²) in [4.78, 5) is 37.0. The fraction of sp³-hybridized carbons (Fsp3) is 0.308. The van der Waals surface area contributed by atoms with Crippen molar-refractivity contribution in [3.63, 3.8) is 0 Å². The van der Waals surface area contributed by atoms with Crippen LogP contribution < -0.4 is 5.32 Å². The Hall–Kier alpha value is -1.44. The minimum Gasteiger partial charge on any atom is -0.315 e. The standard InChI is InChI=1S/C13H13IN2O3/c1-13(2)12(19)15-10(17)7-16(13)11(18)8-4-3-5-9(14)6-8/h3-6H,7H2,1-2H3,(H,15,17,19). The Labute approximate surface area is 124 Å². The summed E-state index contributed by atoms with van der Waals surface area (Å²) >= 11 is 2.11.